The number of fused-ring (bicyclic) bond motifs is 2. The summed E-state index contributed by atoms with van der Waals surface area (Å²) in [5.41, 5.74) is 8.78. The topological polar surface area (TPSA) is 98.9 Å². The lowest BCUT2D eigenvalue weighted by Crippen LogP contribution is -2.30. The van der Waals surface area contributed by atoms with Gasteiger partial charge in [-0.1, -0.05) is 79.7 Å². The van der Waals surface area contributed by atoms with Crippen LogP contribution >= 0.6 is 0 Å². The number of carbonyl (C=O) groups is 1. The monoisotopic (exact) mass is 653 g/mol. The molecule has 0 spiro atoms. The third-order valence-corrected chi connectivity index (χ3v) is 10.1. The summed E-state index contributed by atoms with van der Waals surface area (Å²) in [6.45, 7) is 4.86. The number of aromatic nitrogens is 4. The summed E-state index contributed by atoms with van der Waals surface area (Å²) >= 11 is 0. The van der Waals surface area contributed by atoms with E-state index >= 15 is 0 Å². The van der Waals surface area contributed by atoms with Gasteiger partial charge < -0.3 is 9.13 Å². The second-order valence-electron chi connectivity index (χ2n) is 12.0. The molecule has 0 unspecified atom stereocenters. The smallest absolute Gasteiger partial charge is 0.264 e. The number of hydrogen-bond acceptors (Lipinski definition) is 5. The van der Waals surface area contributed by atoms with Gasteiger partial charge in [0.1, 0.15) is 11.6 Å². The first kappa shape index (κ1) is 31.1. The van der Waals surface area contributed by atoms with Crippen molar-refractivity contribution in [2.24, 2.45) is 7.05 Å². The normalized spacial score (nSPS) is 11.7. The predicted octanol–water partition coefficient (Wildman–Crippen LogP) is 7.68. The zero-order valence-corrected chi connectivity index (χ0v) is 27.8. The molecule has 0 fully saturated rings. The van der Waals surface area contributed by atoms with Gasteiger partial charge in [0.05, 0.1) is 27.0 Å². The molecule has 0 bridgehead atoms. The fraction of sp³-hybridized carbons (Fsp3) is 0.154. The Morgan fingerprint density at radius 3 is 2.25 bits per heavy atom. The van der Waals surface area contributed by atoms with Gasteiger partial charge >= 0.3 is 0 Å². The van der Waals surface area contributed by atoms with Crippen LogP contribution in [-0.2, 0) is 30.0 Å². The first-order valence-corrected chi connectivity index (χ1v) is 17.4. The van der Waals surface area contributed by atoms with Crippen molar-refractivity contribution in [1.82, 2.24) is 23.8 Å². The van der Waals surface area contributed by atoms with Crippen LogP contribution < -0.4 is 4.72 Å². The molecule has 0 radical (unpaired) electrons. The third-order valence-electron chi connectivity index (χ3n) is 8.69. The van der Waals surface area contributed by atoms with Gasteiger partial charge in [-0.25, -0.2) is 23.1 Å². The zero-order chi connectivity index (χ0) is 33.4. The molecule has 48 heavy (non-hydrogen) atoms. The van der Waals surface area contributed by atoms with Gasteiger partial charge in [-0.05, 0) is 72.5 Å². The molecule has 2 aromatic heterocycles. The highest BCUT2D eigenvalue weighted by Crippen LogP contribution is 2.32. The number of carbonyl (C=O) groups excluding carboxylic acids is 1. The van der Waals surface area contributed by atoms with Crippen molar-refractivity contribution >= 4 is 38.0 Å². The SMILES string of the molecule is CCCc1nc2c(C)cc(-c3nc4ccccc4n3C)cc2n1Cc1ccc(-c2ccccc2S(=O)(=O)NC(=O)c2ccccc2)cc1. The maximum absolute atomic E-state index is 13.4. The van der Waals surface area contributed by atoms with Crippen molar-refractivity contribution < 1.29 is 13.2 Å². The molecular formula is C39H35N5O3S. The summed E-state index contributed by atoms with van der Waals surface area (Å²) in [5, 5.41) is 0. The Balaban J connectivity index is 1.22. The van der Waals surface area contributed by atoms with E-state index in [0.29, 0.717) is 12.1 Å². The van der Waals surface area contributed by atoms with E-state index in [-0.39, 0.29) is 10.5 Å². The lowest BCUT2D eigenvalue weighted by atomic mass is 10.0. The number of para-hydroxylation sites is 2. The summed E-state index contributed by atoms with van der Waals surface area (Å²) in [5.74, 6) is 1.25. The quantitative estimate of drug-likeness (QED) is 0.172. The van der Waals surface area contributed by atoms with Gasteiger partial charge in [-0.15, -0.1) is 0 Å². The highest BCUT2D eigenvalue weighted by atomic mass is 32.2. The van der Waals surface area contributed by atoms with Crippen LogP contribution in [0.3, 0.4) is 0 Å². The van der Waals surface area contributed by atoms with E-state index in [1.807, 2.05) is 49.5 Å². The van der Waals surface area contributed by atoms with Crippen LogP contribution in [0.15, 0.2) is 120 Å². The van der Waals surface area contributed by atoms with Crippen LogP contribution in [0.4, 0.5) is 0 Å². The van der Waals surface area contributed by atoms with Crippen LogP contribution in [0, 0.1) is 6.92 Å². The predicted molar refractivity (Wildman–Crippen MR) is 190 cm³/mol. The van der Waals surface area contributed by atoms with E-state index in [4.69, 9.17) is 9.97 Å². The molecule has 2 heterocycles. The van der Waals surface area contributed by atoms with Crippen LogP contribution in [0.1, 0.15) is 40.7 Å². The van der Waals surface area contributed by atoms with E-state index in [9.17, 15) is 13.2 Å². The van der Waals surface area contributed by atoms with E-state index in [2.05, 4.69) is 45.9 Å². The van der Waals surface area contributed by atoms with E-state index in [1.54, 1.807) is 48.5 Å². The molecule has 0 aliphatic rings. The summed E-state index contributed by atoms with van der Waals surface area (Å²) in [6.07, 6.45) is 1.80. The van der Waals surface area contributed by atoms with Gasteiger partial charge in [0.15, 0.2) is 0 Å². The Hall–Kier alpha value is -5.54. The number of benzene rings is 5. The molecule has 7 aromatic rings. The number of nitrogens with one attached hydrogen (secondary N) is 1. The Morgan fingerprint density at radius 2 is 1.50 bits per heavy atom. The van der Waals surface area contributed by atoms with Crippen LogP contribution in [0.5, 0.6) is 0 Å². The van der Waals surface area contributed by atoms with Crippen LogP contribution in [0.2, 0.25) is 0 Å². The summed E-state index contributed by atoms with van der Waals surface area (Å²) < 4.78 is 33.4. The number of hydrogen-bond donors (Lipinski definition) is 1. The van der Waals surface area contributed by atoms with Crippen molar-refractivity contribution in [3.8, 4) is 22.5 Å². The van der Waals surface area contributed by atoms with Crippen molar-refractivity contribution in [2.75, 3.05) is 0 Å². The van der Waals surface area contributed by atoms with Crippen molar-refractivity contribution in [3.63, 3.8) is 0 Å². The molecule has 0 aliphatic carbocycles. The molecule has 240 valence electrons. The molecule has 0 saturated carbocycles. The number of imidazole rings is 2. The van der Waals surface area contributed by atoms with Crippen LogP contribution in [0.25, 0.3) is 44.6 Å². The average Bonchev–Trinajstić information content (AvgIpc) is 3.62. The van der Waals surface area contributed by atoms with Gasteiger partial charge in [-0.2, -0.15) is 0 Å². The van der Waals surface area contributed by atoms with E-state index in [1.165, 1.54) is 6.07 Å². The van der Waals surface area contributed by atoms with Gasteiger partial charge in [0, 0.05) is 36.7 Å². The van der Waals surface area contributed by atoms with Crippen molar-refractivity contribution in [3.05, 3.63) is 138 Å². The van der Waals surface area contributed by atoms with Crippen molar-refractivity contribution in [2.45, 2.75) is 38.1 Å². The lowest BCUT2D eigenvalue weighted by molar-refractivity contribution is 0.0981. The maximum atomic E-state index is 13.4. The minimum absolute atomic E-state index is 0.0396. The second-order valence-corrected chi connectivity index (χ2v) is 13.7. The van der Waals surface area contributed by atoms with E-state index < -0.39 is 15.9 Å². The molecule has 8 nitrogen and oxygen atoms in total. The second kappa shape index (κ2) is 12.6. The first-order valence-electron chi connectivity index (χ1n) is 16.0. The highest BCUT2D eigenvalue weighted by Gasteiger charge is 2.23. The Bertz CT molecular complexity index is 2410. The third kappa shape index (κ3) is 5.77. The number of rotatable bonds is 9. The van der Waals surface area contributed by atoms with Crippen molar-refractivity contribution in [1.29, 1.82) is 0 Å². The van der Waals surface area contributed by atoms with Gasteiger partial charge in [0.2, 0.25) is 0 Å². The highest BCUT2D eigenvalue weighted by molar-refractivity contribution is 7.90. The minimum Gasteiger partial charge on any atom is -0.327 e. The molecule has 1 N–H and O–H groups in total. The van der Waals surface area contributed by atoms with Crippen LogP contribution in [-0.4, -0.2) is 33.4 Å². The number of nitrogens with zero attached hydrogens (tertiary/aromatic N) is 4. The number of amides is 1. The Kier molecular flexibility index (Phi) is 8.14. The number of aryl methyl sites for hydroxylation is 3. The zero-order valence-electron chi connectivity index (χ0n) is 27.0. The molecule has 0 atom stereocenters. The molecule has 0 saturated heterocycles. The first-order chi connectivity index (χ1) is 23.2. The summed E-state index contributed by atoms with van der Waals surface area (Å²) in [4.78, 5) is 22.8. The maximum Gasteiger partial charge on any atom is 0.264 e. The minimum atomic E-state index is -4.14. The Morgan fingerprint density at radius 1 is 0.792 bits per heavy atom. The number of sulfonamides is 1. The molecule has 1 amide bonds. The molecule has 0 aliphatic heterocycles. The molecule has 5 aromatic carbocycles. The molecular weight excluding hydrogens is 619 g/mol. The largest absolute Gasteiger partial charge is 0.327 e. The summed E-state index contributed by atoms with van der Waals surface area (Å²) in [7, 11) is -2.09. The molecule has 7 rings (SSSR count). The van der Waals surface area contributed by atoms with Gasteiger partial charge in [-0.3, -0.25) is 4.79 Å². The fourth-order valence-corrected chi connectivity index (χ4v) is 7.51. The lowest BCUT2D eigenvalue weighted by Gasteiger charge is -2.13. The fourth-order valence-electron chi connectivity index (χ4n) is 6.30. The average molecular weight is 654 g/mol. The summed E-state index contributed by atoms with van der Waals surface area (Å²) in [6, 6.07) is 35.4. The van der Waals surface area contributed by atoms with Gasteiger partial charge in [0.25, 0.3) is 15.9 Å². The standard InChI is InChI=1S/C39H35N5O3S/c1-4-12-36-41-37-26(2)23-30(38-40-32-16-9-10-17-33(32)43(38)3)24-34(37)44(36)25-27-19-21-28(22-20-27)31-15-8-11-18-35(31)48(46,47)42-39(45)29-13-6-5-7-14-29/h5-11,13-24H,4,12,25H2,1-3H3,(H,42,45). The molecule has 9 heteroatoms. The Labute approximate surface area is 279 Å². The van der Waals surface area contributed by atoms with E-state index in [0.717, 1.165) is 68.8 Å².